The first kappa shape index (κ1) is 13.4. The van der Waals surface area contributed by atoms with Gasteiger partial charge in [-0.1, -0.05) is 18.2 Å². The van der Waals surface area contributed by atoms with Crippen molar-refractivity contribution < 1.29 is 28.2 Å². The van der Waals surface area contributed by atoms with Gasteiger partial charge in [-0.3, -0.25) is 0 Å². The third-order valence-corrected chi connectivity index (χ3v) is 2.03. The van der Waals surface area contributed by atoms with Crippen LogP contribution in [-0.4, -0.2) is 23.8 Å². The van der Waals surface area contributed by atoms with Crippen molar-refractivity contribution in [1.82, 2.24) is 0 Å². The first-order chi connectivity index (χ1) is 8.00. The van der Waals surface area contributed by atoms with Gasteiger partial charge in [0.25, 0.3) is 0 Å². The summed E-state index contributed by atoms with van der Waals surface area (Å²) in [4.78, 5) is 10.5. The van der Waals surface area contributed by atoms with E-state index in [9.17, 15) is 13.6 Å². The number of hydrogen-bond acceptors (Lipinski definition) is 3. The topological polar surface area (TPSA) is 55.8 Å². The lowest BCUT2D eigenvalue weighted by molar-refractivity contribution is -0.150. The predicted molar refractivity (Wildman–Crippen MR) is 55.0 cm³/mol. The Morgan fingerprint density at radius 1 is 1.41 bits per heavy atom. The second-order valence-corrected chi connectivity index (χ2v) is 3.28. The van der Waals surface area contributed by atoms with Gasteiger partial charge in [0.15, 0.2) is 6.10 Å². The van der Waals surface area contributed by atoms with Gasteiger partial charge in [0, 0.05) is 5.56 Å². The lowest BCUT2D eigenvalue weighted by atomic mass is 10.2. The quantitative estimate of drug-likeness (QED) is 0.836. The Balaban J connectivity index is 2.66. The largest absolute Gasteiger partial charge is 0.479 e. The SMILES string of the molecule is C[C@@H](OCc1ccccc1OC(F)F)C(=O)O. The van der Waals surface area contributed by atoms with E-state index in [1.807, 2.05) is 0 Å². The smallest absolute Gasteiger partial charge is 0.387 e. The van der Waals surface area contributed by atoms with Gasteiger partial charge in [-0.05, 0) is 13.0 Å². The van der Waals surface area contributed by atoms with Crippen LogP contribution in [0.5, 0.6) is 5.75 Å². The molecular formula is C11H12F2O4. The van der Waals surface area contributed by atoms with Gasteiger partial charge in [0.05, 0.1) is 6.61 Å². The van der Waals surface area contributed by atoms with E-state index in [0.29, 0.717) is 5.56 Å². The number of hydrogen-bond donors (Lipinski definition) is 1. The van der Waals surface area contributed by atoms with Crippen LogP contribution in [-0.2, 0) is 16.1 Å². The average Bonchev–Trinajstić information content (AvgIpc) is 2.26. The van der Waals surface area contributed by atoms with Gasteiger partial charge >= 0.3 is 12.6 Å². The summed E-state index contributed by atoms with van der Waals surface area (Å²) in [5.41, 5.74) is 0.376. The fraction of sp³-hybridized carbons (Fsp3) is 0.364. The zero-order valence-electron chi connectivity index (χ0n) is 9.10. The predicted octanol–water partition coefficient (Wildman–Crippen LogP) is 2.28. The van der Waals surface area contributed by atoms with Crippen LogP contribution in [0.15, 0.2) is 24.3 Å². The molecule has 0 aliphatic heterocycles. The molecule has 0 aromatic heterocycles. The Morgan fingerprint density at radius 3 is 2.65 bits per heavy atom. The first-order valence-corrected chi connectivity index (χ1v) is 4.88. The van der Waals surface area contributed by atoms with Crippen molar-refractivity contribution in [2.45, 2.75) is 26.2 Å². The van der Waals surface area contributed by atoms with E-state index in [1.54, 1.807) is 12.1 Å². The average molecular weight is 246 g/mol. The lowest BCUT2D eigenvalue weighted by Gasteiger charge is -2.12. The van der Waals surface area contributed by atoms with Gasteiger partial charge in [-0.2, -0.15) is 8.78 Å². The maximum atomic E-state index is 12.1. The number of rotatable bonds is 6. The number of para-hydroxylation sites is 1. The maximum absolute atomic E-state index is 12.1. The van der Waals surface area contributed by atoms with Crippen molar-refractivity contribution in [2.75, 3.05) is 0 Å². The van der Waals surface area contributed by atoms with Crippen LogP contribution in [0.3, 0.4) is 0 Å². The third-order valence-electron chi connectivity index (χ3n) is 2.03. The van der Waals surface area contributed by atoms with E-state index in [-0.39, 0.29) is 12.4 Å². The van der Waals surface area contributed by atoms with E-state index < -0.39 is 18.7 Å². The minimum Gasteiger partial charge on any atom is -0.479 e. The van der Waals surface area contributed by atoms with Crippen LogP contribution in [0.25, 0.3) is 0 Å². The van der Waals surface area contributed by atoms with E-state index in [1.165, 1.54) is 19.1 Å². The van der Waals surface area contributed by atoms with Crippen molar-refractivity contribution in [3.05, 3.63) is 29.8 Å². The summed E-state index contributed by atoms with van der Waals surface area (Å²) < 4.78 is 33.4. The highest BCUT2D eigenvalue weighted by Crippen LogP contribution is 2.21. The number of carboxylic acids is 1. The Hall–Kier alpha value is -1.69. The van der Waals surface area contributed by atoms with Crippen LogP contribution >= 0.6 is 0 Å². The van der Waals surface area contributed by atoms with Crippen LogP contribution in [0.2, 0.25) is 0 Å². The highest BCUT2D eigenvalue weighted by atomic mass is 19.3. The molecule has 1 N–H and O–H groups in total. The van der Waals surface area contributed by atoms with Gasteiger partial charge < -0.3 is 14.6 Å². The molecule has 0 fully saturated rings. The Morgan fingerprint density at radius 2 is 2.06 bits per heavy atom. The molecule has 4 nitrogen and oxygen atoms in total. The molecule has 0 saturated carbocycles. The van der Waals surface area contributed by atoms with E-state index in [4.69, 9.17) is 9.84 Å². The summed E-state index contributed by atoms with van der Waals surface area (Å²) in [6, 6.07) is 6.08. The minimum absolute atomic E-state index is 0.0138. The Labute approximate surface area is 96.8 Å². The molecular weight excluding hydrogens is 234 g/mol. The number of halogens is 2. The number of carbonyl (C=O) groups is 1. The van der Waals surface area contributed by atoms with Crippen molar-refractivity contribution in [3.63, 3.8) is 0 Å². The summed E-state index contributed by atoms with van der Waals surface area (Å²) >= 11 is 0. The van der Waals surface area contributed by atoms with E-state index in [0.717, 1.165) is 0 Å². The van der Waals surface area contributed by atoms with Crippen LogP contribution in [0, 0.1) is 0 Å². The molecule has 0 aliphatic carbocycles. The van der Waals surface area contributed by atoms with Crippen molar-refractivity contribution in [1.29, 1.82) is 0 Å². The normalized spacial score (nSPS) is 12.5. The second kappa shape index (κ2) is 6.15. The van der Waals surface area contributed by atoms with Crippen molar-refractivity contribution in [3.8, 4) is 5.75 Å². The van der Waals surface area contributed by atoms with Crippen molar-refractivity contribution >= 4 is 5.97 Å². The lowest BCUT2D eigenvalue weighted by Crippen LogP contribution is -2.19. The molecule has 1 rings (SSSR count). The molecule has 0 bridgehead atoms. The molecule has 6 heteroatoms. The Kier molecular flexibility index (Phi) is 4.84. The number of benzene rings is 1. The molecule has 1 aromatic rings. The molecule has 0 heterocycles. The van der Waals surface area contributed by atoms with E-state index >= 15 is 0 Å². The maximum Gasteiger partial charge on any atom is 0.387 e. The third kappa shape index (κ3) is 4.36. The molecule has 0 unspecified atom stereocenters. The summed E-state index contributed by atoms with van der Waals surface area (Å²) in [7, 11) is 0. The standard InChI is InChI=1S/C11H12F2O4/c1-7(10(14)15)16-6-8-4-2-3-5-9(8)17-11(12)13/h2-5,7,11H,6H2,1H3,(H,14,15)/t7-/m1/s1. The molecule has 1 atom stereocenters. The van der Waals surface area contributed by atoms with Crippen LogP contribution < -0.4 is 4.74 Å². The monoisotopic (exact) mass is 246 g/mol. The highest BCUT2D eigenvalue weighted by molar-refractivity contribution is 5.71. The molecule has 0 saturated heterocycles. The summed E-state index contributed by atoms with van der Waals surface area (Å²) in [6.45, 7) is -1.66. The van der Waals surface area contributed by atoms with Crippen LogP contribution in [0.4, 0.5) is 8.78 Å². The number of carboxylic acid groups (broad SMARTS) is 1. The summed E-state index contributed by atoms with van der Waals surface area (Å²) in [5.74, 6) is -1.13. The van der Waals surface area contributed by atoms with Gasteiger partial charge in [-0.25, -0.2) is 4.79 Å². The zero-order chi connectivity index (χ0) is 12.8. The Bertz CT molecular complexity index is 381. The zero-order valence-corrected chi connectivity index (χ0v) is 9.10. The van der Waals surface area contributed by atoms with Crippen LogP contribution in [0.1, 0.15) is 12.5 Å². The highest BCUT2D eigenvalue weighted by Gasteiger charge is 2.14. The fourth-order valence-electron chi connectivity index (χ4n) is 1.12. The number of ether oxygens (including phenoxy) is 2. The van der Waals surface area contributed by atoms with Gasteiger partial charge in [0.2, 0.25) is 0 Å². The molecule has 0 radical (unpaired) electrons. The fourth-order valence-corrected chi connectivity index (χ4v) is 1.12. The summed E-state index contributed by atoms with van der Waals surface area (Å²) in [5, 5.41) is 8.60. The summed E-state index contributed by atoms with van der Waals surface area (Å²) in [6.07, 6.45) is -1.00. The van der Waals surface area contributed by atoms with Gasteiger partial charge in [0.1, 0.15) is 5.75 Å². The molecule has 17 heavy (non-hydrogen) atoms. The molecule has 1 aromatic carbocycles. The number of aliphatic carboxylic acids is 1. The molecule has 0 aliphatic rings. The van der Waals surface area contributed by atoms with Crippen molar-refractivity contribution in [2.24, 2.45) is 0 Å². The number of alkyl halides is 2. The van der Waals surface area contributed by atoms with E-state index in [2.05, 4.69) is 4.74 Å². The molecule has 0 amide bonds. The minimum atomic E-state index is -2.92. The molecule has 94 valence electrons. The second-order valence-electron chi connectivity index (χ2n) is 3.28. The van der Waals surface area contributed by atoms with Gasteiger partial charge in [-0.15, -0.1) is 0 Å². The first-order valence-electron chi connectivity index (χ1n) is 4.88. The molecule has 0 spiro atoms.